The van der Waals surface area contributed by atoms with Crippen LogP contribution in [0.5, 0.6) is 0 Å². The second kappa shape index (κ2) is 4.14. The van der Waals surface area contributed by atoms with E-state index < -0.39 is 5.97 Å². The van der Waals surface area contributed by atoms with Gasteiger partial charge in [-0.25, -0.2) is 14.8 Å². The van der Waals surface area contributed by atoms with E-state index in [1.165, 1.54) is 16.9 Å². The molecule has 0 saturated carbocycles. The maximum Gasteiger partial charge on any atom is 0.337 e. The van der Waals surface area contributed by atoms with Gasteiger partial charge in [0.15, 0.2) is 5.82 Å². The number of aromatic nitrogens is 4. The molecule has 0 atom stereocenters. The molecule has 17 heavy (non-hydrogen) atoms. The molecule has 0 bridgehead atoms. The second-order valence-corrected chi connectivity index (χ2v) is 3.86. The summed E-state index contributed by atoms with van der Waals surface area (Å²) in [6.07, 6.45) is 1.24. The van der Waals surface area contributed by atoms with Crippen LogP contribution in [0.15, 0.2) is 12.3 Å². The predicted molar refractivity (Wildman–Crippen MR) is 60.6 cm³/mol. The summed E-state index contributed by atoms with van der Waals surface area (Å²) >= 11 is 5.97. The summed E-state index contributed by atoms with van der Waals surface area (Å²) in [5.74, 6) is 0.537. The Bertz CT molecular complexity index is 594. The molecule has 88 valence electrons. The van der Waals surface area contributed by atoms with Gasteiger partial charge in [0.05, 0.1) is 10.6 Å². The zero-order chi connectivity index (χ0) is 12.6. The Hall–Kier alpha value is -1.95. The molecule has 0 unspecified atom stereocenters. The number of carbonyl (C=O) groups is 1. The van der Waals surface area contributed by atoms with Gasteiger partial charge in [-0.3, -0.25) is 0 Å². The summed E-state index contributed by atoms with van der Waals surface area (Å²) in [6.45, 7) is 3.52. The SMILES string of the molecule is Cc1nc(C)n(-c2ncc(C(=O)O)cc2Cl)n1. The fraction of sp³-hybridized carbons (Fsp3) is 0.200. The Morgan fingerprint density at radius 2 is 2.18 bits per heavy atom. The van der Waals surface area contributed by atoms with Crippen LogP contribution in [-0.4, -0.2) is 30.8 Å². The van der Waals surface area contributed by atoms with E-state index in [-0.39, 0.29) is 10.6 Å². The minimum atomic E-state index is -1.07. The van der Waals surface area contributed by atoms with Gasteiger partial charge in [-0.1, -0.05) is 11.6 Å². The van der Waals surface area contributed by atoms with Crippen molar-refractivity contribution >= 4 is 17.6 Å². The highest BCUT2D eigenvalue weighted by molar-refractivity contribution is 6.32. The highest BCUT2D eigenvalue weighted by Crippen LogP contribution is 2.19. The Morgan fingerprint density at radius 1 is 1.47 bits per heavy atom. The van der Waals surface area contributed by atoms with Crippen molar-refractivity contribution in [1.29, 1.82) is 0 Å². The molecule has 0 aromatic carbocycles. The molecule has 6 nitrogen and oxygen atoms in total. The van der Waals surface area contributed by atoms with Crippen LogP contribution in [0.4, 0.5) is 0 Å². The number of carboxylic acids is 1. The van der Waals surface area contributed by atoms with Crippen LogP contribution >= 0.6 is 11.6 Å². The summed E-state index contributed by atoms with van der Waals surface area (Å²) in [6, 6.07) is 1.34. The number of aryl methyl sites for hydroxylation is 2. The van der Waals surface area contributed by atoms with E-state index in [1.54, 1.807) is 13.8 Å². The van der Waals surface area contributed by atoms with Crippen LogP contribution in [0.3, 0.4) is 0 Å². The first-order valence-electron chi connectivity index (χ1n) is 4.78. The van der Waals surface area contributed by atoms with Gasteiger partial charge in [-0.05, 0) is 19.9 Å². The van der Waals surface area contributed by atoms with Gasteiger partial charge >= 0.3 is 5.97 Å². The number of nitrogens with zero attached hydrogens (tertiary/aromatic N) is 4. The highest BCUT2D eigenvalue weighted by atomic mass is 35.5. The van der Waals surface area contributed by atoms with Crippen molar-refractivity contribution in [3.05, 3.63) is 34.5 Å². The molecule has 1 N–H and O–H groups in total. The number of pyridine rings is 1. The first-order valence-corrected chi connectivity index (χ1v) is 5.16. The third-order valence-corrected chi connectivity index (χ3v) is 2.42. The summed E-state index contributed by atoms with van der Waals surface area (Å²) < 4.78 is 1.48. The van der Waals surface area contributed by atoms with E-state index in [0.29, 0.717) is 17.5 Å². The molecule has 2 rings (SSSR count). The van der Waals surface area contributed by atoms with Gasteiger partial charge in [-0.15, -0.1) is 5.10 Å². The molecule has 0 amide bonds. The van der Waals surface area contributed by atoms with E-state index in [1.807, 2.05) is 0 Å². The average Bonchev–Trinajstić information content (AvgIpc) is 2.57. The van der Waals surface area contributed by atoms with Crippen LogP contribution in [0.25, 0.3) is 5.82 Å². The van der Waals surface area contributed by atoms with E-state index in [9.17, 15) is 4.79 Å². The van der Waals surface area contributed by atoms with Gasteiger partial charge in [-0.2, -0.15) is 4.68 Å². The van der Waals surface area contributed by atoms with Crippen LogP contribution in [0.1, 0.15) is 22.0 Å². The van der Waals surface area contributed by atoms with Crippen molar-refractivity contribution in [1.82, 2.24) is 19.7 Å². The largest absolute Gasteiger partial charge is 0.478 e. The monoisotopic (exact) mass is 252 g/mol. The lowest BCUT2D eigenvalue weighted by molar-refractivity contribution is 0.0696. The fourth-order valence-corrected chi connectivity index (χ4v) is 1.67. The van der Waals surface area contributed by atoms with Crippen LogP contribution in [-0.2, 0) is 0 Å². The number of halogens is 1. The summed E-state index contributed by atoms with van der Waals surface area (Å²) in [5, 5.41) is 13.1. The van der Waals surface area contributed by atoms with Crippen molar-refractivity contribution in [2.75, 3.05) is 0 Å². The minimum Gasteiger partial charge on any atom is -0.478 e. The number of hydrogen-bond donors (Lipinski definition) is 1. The van der Waals surface area contributed by atoms with E-state index >= 15 is 0 Å². The number of rotatable bonds is 2. The number of hydrogen-bond acceptors (Lipinski definition) is 4. The highest BCUT2D eigenvalue weighted by Gasteiger charge is 2.13. The molecule has 2 heterocycles. The molecule has 0 aliphatic rings. The van der Waals surface area contributed by atoms with E-state index in [0.717, 1.165) is 0 Å². The van der Waals surface area contributed by atoms with Crippen molar-refractivity contribution in [3.63, 3.8) is 0 Å². The Kier molecular flexibility index (Phi) is 2.81. The Morgan fingerprint density at radius 3 is 2.65 bits per heavy atom. The topological polar surface area (TPSA) is 80.9 Å². The number of aromatic carboxylic acids is 1. The zero-order valence-corrected chi connectivity index (χ0v) is 9.93. The molecular formula is C10H9ClN4O2. The average molecular weight is 253 g/mol. The first-order chi connectivity index (χ1) is 7.99. The molecular weight excluding hydrogens is 244 g/mol. The third kappa shape index (κ3) is 2.12. The van der Waals surface area contributed by atoms with Crippen molar-refractivity contribution in [3.8, 4) is 5.82 Å². The molecule has 2 aromatic rings. The van der Waals surface area contributed by atoms with Gasteiger partial charge in [0, 0.05) is 6.20 Å². The Labute approximate surface area is 102 Å². The predicted octanol–water partition coefficient (Wildman–Crippen LogP) is 1.63. The quantitative estimate of drug-likeness (QED) is 0.879. The van der Waals surface area contributed by atoms with Crippen LogP contribution in [0, 0.1) is 13.8 Å². The van der Waals surface area contributed by atoms with Gasteiger partial charge in [0.1, 0.15) is 11.6 Å². The Balaban J connectivity index is 2.54. The summed E-state index contributed by atoms with van der Waals surface area (Å²) in [4.78, 5) is 18.9. The lowest BCUT2D eigenvalue weighted by Crippen LogP contribution is -2.05. The molecule has 0 saturated heterocycles. The standard InChI is InChI=1S/C10H9ClN4O2/c1-5-13-6(2)15(14-5)9-8(11)3-7(4-12-9)10(16)17/h3-4H,1-2H3,(H,16,17). The summed E-state index contributed by atoms with van der Waals surface area (Å²) in [7, 11) is 0. The minimum absolute atomic E-state index is 0.0354. The summed E-state index contributed by atoms with van der Waals surface area (Å²) in [5.41, 5.74) is 0.0354. The normalized spacial score (nSPS) is 10.5. The lowest BCUT2D eigenvalue weighted by Gasteiger charge is -2.04. The maximum absolute atomic E-state index is 10.7. The van der Waals surface area contributed by atoms with E-state index in [4.69, 9.17) is 16.7 Å². The van der Waals surface area contributed by atoms with Crippen molar-refractivity contribution in [2.24, 2.45) is 0 Å². The molecule has 7 heteroatoms. The van der Waals surface area contributed by atoms with Crippen LogP contribution < -0.4 is 0 Å². The first kappa shape index (κ1) is 11.5. The van der Waals surface area contributed by atoms with Crippen molar-refractivity contribution < 1.29 is 9.90 Å². The van der Waals surface area contributed by atoms with E-state index in [2.05, 4.69) is 15.1 Å². The second-order valence-electron chi connectivity index (χ2n) is 3.45. The number of carboxylic acid groups (broad SMARTS) is 1. The molecule has 0 aliphatic carbocycles. The zero-order valence-electron chi connectivity index (χ0n) is 9.18. The fourth-order valence-electron chi connectivity index (χ4n) is 1.43. The smallest absolute Gasteiger partial charge is 0.337 e. The van der Waals surface area contributed by atoms with Gasteiger partial charge in [0.2, 0.25) is 0 Å². The molecule has 0 aliphatic heterocycles. The molecule has 0 radical (unpaired) electrons. The molecule has 0 fully saturated rings. The van der Waals surface area contributed by atoms with Gasteiger partial charge in [0.25, 0.3) is 0 Å². The van der Waals surface area contributed by atoms with Gasteiger partial charge < -0.3 is 5.11 Å². The molecule has 2 aromatic heterocycles. The third-order valence-electron chi connectivity index (χ3n) is 2.14. The van der Waals surface area contributed by atoms with Crippen LogP contribution in [0.2, 0.25) is 5.02 Å². The van der Waals surface area contributed by atoms with Crippen molar-refractivity contribution in [2.45, 2.75) is 13.8 Å². The maximum atomic E-state index is 10.7. The molecule has 0 spiro atoms. The lowest BCUT2D eigenvalue weighted by atomic mass is 10.3.